The van der Waals surface area contributed by atoms with E-state index in [1.165, 1.54) is 17.4 Å². The number of fused-ring (bicyclic) bond motifs is 1. The molecule has 22 heavy (non-hydrogen) atoms. The number of hydrogen-bond acceptors (Lipinski definition) is 4. The maximum absolute atomic E-state index is 13.5. The van der Waals surface area contributed by atoms with E-state index in [1.54, 1.807) is 18.2 Å². The van der Waals surface area contributed by atoms with Gasteiger partial charge in [0.25, 0.3) is 0 Å². The molecule has 0 bridgehead atoms. The molecule has 3 N–H and O–H groups in total. The lowest BCUT2D eigenvalue weighted by Gasteiger charge is -2.15. The molecule has 0 unspecified atom stereocenters. The van der Waals surface area contributed by atoms with Crippen molar-refractivity contribution in [3.05, 3.63) is 46.2 Å². The average Bonchev–Trinajstić information content (AvgIpc) is 2.82. The molecule has 0 radical (unpaired) electrons. The Morgan fingerprint density at radius 2 is 2.23 bits per heavy atom. The second-order valence-corrected chi connectivity index (χ2v) is 6.29. The zero-order chi connectivity index (χ0) is 14.8. The first-order valence-electron chi connectivity index (χ1n) is 6.89. The summed E-state index contributed by atoms with van der Waals surface area (Å²) >= 11 is 1.47. The smallest absolute Gasteiger partial charge is 0.230 e. The molecule has 1 aliphatic rings. The van der Waals surface area contributed by atoms with Crippen LogP contribution >= 0.6 is 23.7 Å². The fourth-order valence-electron chi connectivity index (χ4n) is 2.43. The van der Waals surface area contributed by atoms with Gasteiger partial charge < -0.3 is 11.1 Å². The van der Waals surface area contributed by atoms with Gasteiger partial charge in [-0.1, -0.05) is 18.2 Å². The molecular formula is C15H17ClFN3OS. The maximum Gasteiger partial charge on any atom is 0.230 e. The Bertz CT molecular complexity index is 677. The van der Waals surface area contributed by atoms with Crippen LogP contribution in [0.1, 0.15) is 22.6 Å². The first-order chi connectivity index (χ1) is 10.1. The van der Waals surface area contributed by atoms with Crippen molar-refractivity contribution in [3.63, 3.8) is 0 Å². The van der Waals surface area contributed by atoms with E-state index >= 15 is 0 Å². The number of carbonyl (C=O) groups is 1. The van der Waals surface area contributed by atoms with Gasteiger partial charge in [-0.05, 0) is 30.9 Å². The third-order valence-electron chi connectivity index (χ3n) is 3.53. The molecule has 1 aliphatic carbocycles. The van der Waals surface area contributed by atoms with Crippen LogP contribution in [0.5, 0.6) is 0 Å². The van der Waals surface area contributed by atoms with Crippen molar-refractivity contribution in [1.82, 2.24) is 4.98 Å². The van der Waals surface area contributed by atoms with Crippen molar-refractivity contribution in [1.29, 1.82) is 0 Å². The molecule has 2 aromatic rings. The van der Waals surface area contributed by atoms with Gasteiger partial charge in [0.05, 0.1) is 12.1 Å². The Morgan fingerprint density at radius 1 is 1.45 bits per heavy atom. The predicted octanol–water partition coefficient (Wildman–Crippen LogP) is 2.70. The number of halogens is 2. The molecule has 4 nitrogen and oxygen atoms in total. The topological polar surface area (TPSA) is 68.0 Å². The molecule has 0 saturated carbocycles. The van der Waals surface area contributed by atoms with Crippen molar-refractivity contribution in [3.8, 4) is 0 Å². The van der Waals surface area contributed by atoms with E-state index in [1.807, 2.05) is 0 Å². The zero-order valence-electron chi connectivity index (χ0n) is 11.8. The van der Waals surface area contributed by atoms with Gasteiger partial charge in [-0.2, -0.15) is 0 Å². The van der Waals surface area contributed by atoms with Gasteiger partial charge in [-0.15, -0.1) is 23.7 Å². The standard InChI is InChI=1S/C15H16FN3OS.ClH/c16-11-4-2-1-3-9(11)7-14(20)19-15-18-12-6-5-10(17)8-13(12)21-15;/h1-4,10H,5-8,17H2,(H,18,19,20);1H/t10-;/m0./s1. The largest absolute Gasteiger partial charge is 0.327 e. The van der Waals surface area contributed by atoms with Gasteiger partial charge in [0.2, 0.25) is 5.91 Å². The van der Waals surface area contributed by atoms with Crippen LogP contribution in [-0.4, -0.2) is 16.9 Å². The lowest BCUT2D eigenvalue weighted by molar-refractivity contribution is -0.115. The second kappa shape index (κ2) is 7.17. The molecule has 1 aromatic heterocycles. The van der Waals surface area contributed by atoms with Crippen molar-refractivity contribution in [2.75, 3.05) is 5.32 Å². The quantitative estimate of drug-likeness (QED) is 0.902. The number of benzene rings is 1. The lowest BCUT2D eigenvalue weighted by atomic mass is 9.99. The summed E-state index contributed by atoms with van der Waals surface area (Å²) in [4.78, 5) is 17.6. The van der Waals surface area contributed by atoms with Gasteiger partial charge in [-0.25, -0.2) is 9.37 Å². The molecule has 0 fully saturated rings. The minimum atomic E-state index is -0.364. The Balaban J connectivity index is 0.00000176. The van der Waals surface area contributed by atoms with Gasteiger partial charge in [0.1, 0.15) is 5.82 Å². The molecule has 0 spiro atoms. The number of aryl methyl sites for hydroxylation is 1. The first-order valence-corrected chi connectivity index (χ1v) is 7.71. The monoisotopic (exact) mass is 341 g/mol. The van der Waals surface area contributed by atoms with Crippen LogP contribution < -0.4 is 11.1 Å². The Morgan fingerprint density at radius 3 is 3.00 bits per heavy atom. The second-order valence-electron chi connectivity index (χ2n) is 5.21. The molecule has 1 atom stereocenters. The van der Waals surface area contributed by atoms with Crippen molar-refractivity contribution < 1.29 is 9.18 Å². The van der Waals surface area contributed by atoms with E-state index in [-0.39, 0.29) is 36.6 Å². The van der Waals surface area contributed by atoms with E-state index in [9.17, 15) is 9.18 Å². The van der Waals surface area contributed by atoms with Crippen LogP contribution in [0.25, 0.3) is 0 Å². The SMILES string of the molecule is Cl.N[C@H]1CCc2nc(NC(=O)Cc3ccccc3F)sc2C1. The van der Waals surface area contributed by atoms with Crippen LogP contribution in [0.3, 0.4) is 0 Å². The molecule has 0 aliphatic heterocycles. The molecule has 7 heteroatoms. The van der Waals surface area contributed by atoms with Gasteiger partial charge in [0.15, 0.2) is 5.13 Å². The maximum atomic E-state index is 13.5. The summed E-state index contributed by atoms with van der Waals surface area (Å²) < 4.78 is 13.5. The zero-order valence-corrected chi connectivity index (χ0v) is 13.5. The van der Waals surface area contributed by atoms with Crippen LogP contribution in [0.15, 0.2) is 24.3 Å². The van der Waals surface area contributed by atoms with E-state index < -0.39 is 0 Å². The summed E-state index contributed by atoms with van der Waals surface area (Å²) in [6, 6.07) is 6.47. The third-order valence-corrected chi connectivity index (χ3v) is 4.57. The number of nitrogens with one attached hydrogen (secondary N) is 1. The third kappa shape index (κ3) is 3.82. The predicted molar refractivity (Wildman–Crippen MR) is 88.1 cm³/mol. The number of thiazole rings is 1. The minimum absolute atomic E-state index is 0. The normalized spacial score (nSPS) is 16.5. The van der Waals surface area contributed by atoms with Crippen LogP contribution in [0.2, 0.25) is 0 Å². The highest BCUT2D eigenvalue weighted by Crippen LogP contribution is 2.29. The number of aromatic nitrogens is 1. The summed E-state index contributed by atoms with van der Waals surface area (Å²) in [6.45, 7) is 0. The van der Waals surface area contributed by atoms with Gasteiger partial charge in [-0.3, -0.25) is 4.79 Å². The molecule has 3 rings (SSSR count). The highest BCUT2D eigenvalue weighted by molar-refractivity contribution is 7.15. The molecule has 1 heterocycles. The Hall–Kier alpha value is -1.50. The van der Waals surface area contributed by atoms with Crippen molar-refractivity contribution >= 4 is 34.8 Å². The highest BCUT2D eigenvalue weighted by Gasteiger charge is 2.20. The highest BCUT2D eigenvalue weighted by atomic mass is 35.5. The van der Waals surface area contributed by atoms with Crippen LogP contribution in [0.4, 0.5) is 9.52 Å². The van der Waals surface area contributed by atoms with E-state index in [2.05, 4.69) is 10.3 Å². The summed E-state index contributed by atoms with van der Waals surface area (Å²) in [5.41, 5.74) is 7.35. The van der Waals surface area contributed by atoms with Crippen LogP contribution in [-0.2, 0) is 24.1 Å². The minimum Gasteiger partial charge on any atom is -0.327 e. The van der Waals surface area contributed by atoms with Crippen molar-refractivity contribution in [2.45, 2.75) is 31.7 Å². The number of amides is 1. The number of anilines is 1. The molecule has 1 aromatic carbocycles. The lowest BCUT2D eigenvalue weighted by Crippen LogP contribution is -2.27. The molecule has 118 valence electrons. The summed E-state index contributed by atoms with van der Waals surface area (Å²) in [6.07, 6.45) is 2.61. The fourth-order valence-corrected chi connectivity index (χ4v) is 3.55. The first kappa shape index (κ1) is 16.9. The van der Waals surface area contributed by atoms with Crippen molar-refractivity contribution in [2.24, 2.45) is 5.73 Å². The average molecular weight is 342 g/mol. The van der Waals surface area contributed by atoms with Gasteiger partial charge >= 0.3 is 0 Å². The van der Waals surface area contributed by atoms with E-state index in [4.69, 9.17) is 5.73 Å². The van der Waals surface area contributed by atoms with E-state index in [0.29, 0.717) is 10.7 Å². The van der Waals surface area contributed by atoms with E-state index in [0.717, 1.165) is 29.8 Å². The molecule has 0 saturated heterocycles. The summed E-state index contributed by atoms with van der Waals surface area (Å²) in [5, 5.41) is 3.33. The van der Waals surface area contributed by atoms with Gasteiger partial charge in [0, 0.05) is 10.9 Å². The number of nitrogens with two attached hydrogens (primary N) is 1. The van der Waals surface area contributed by atoms with Crippen LogP contribution in [0, 0.1) is 5.82 Å². The Kier molecular flexibility index (Phi) is 5.50. The number of rotatable bonds is 3. The number of nitrogens with zero attached hydrogens (tertiary/aromatic N) is 1. The summed E-state index contributed by atoms with van der Waals surface area (Å²) in [7, 11) is 0. The number of hydrogen-bond donors (Lipinski definition) is 2. The summed E-state index contributed by atoms with van der Waals surface area (Å²) in [5.74, 6) is -0.618. The molecular weight excluding hydrogens is 325 g/mol. The molecule has 1 amide bonds. The number of carbonyl (C=O) groups excluding carboxylic acids is 1. The fraction of sp³-hybridized carbons (Fsp3) is 0.333. The Labute approximate surface area is 138 Å².